The summed E-state index contributed by atoms with van der Waals surface area (Å²) in [7, 11) is 0. The molecule has 0 saturated carbocycles. The minimum absolute atomic E-state index is 0.153. The molecule has 0 atom stereocenters. The molecule has 1 aliphatic heterocycles. The minimum Gasteiger partial charge on any atom is -0.379 e. The molecule has 0 aliphatic carbocycles. The van der Waals surface area contributed by atoms with Gasteiger partial charge in [0.2, 0.25) is 0 Å². The van der Waals surface area contributed by atoms with Crippen molar-refractivity contribution >= 4 is 11.4 Å². The summed E-state index contributed by atoms with van der Waals surface area (Å²) in [6.45, 7) is 8.99. The summed E-state index contributed by atoms with van der Waals surface area (Å²) in [5.41, 5.74) is 2.14. The number of rotatable bonds is 5. The highest BCUT2D eigenvalue weighted by Gasteiger charge is 2.15. The maximum Gasteiger partial charge on any atom is 0.272 e. The molecule has 1 fully saturated rings. The number of nitrogens with one attached hydrogen (secondary N) is 1. The van der Waals surface area contributed by atoms with Crippen molar-refractivity contribution in [2.45, 2.75) is 19.8 Å². The zero-order chi connectivity index (χ0) is 16.2. The standard InChI is InChI=1S/C16H23N5O2/c1-12(2)13-10-21-11-19-15(14(21)9-18-13)16(22)17-3-4-20-5-7-23-8-6-20/h9-12H,3-8H2,1-2H3,(H,17,22). The third-order valence-corrected chi connectivity index (χ3v) is 4.06. The van der Waals surface area contributed by atoms with Crippen LogP contribution in [0.2, 0.25) is 0 Å². The molecule has 2 aromatic rings. The molecule has 1 aliphatic rings. The van der Waals surface area contributed by atoms with E-state index >= 15 is 0 Å². The third-order valence-electron chi connectivity index (χ3n) is 4.06. The molecular formula is C16H23N5O2. The van der Waals surface area contributed by atoms with Gasteiger partial charge in [0, 0.05) is 32.4 Å². The average molecular weight is 317 g/mol. The number of imidazole rings is 1. The predicted octanol–water partition coefficient (Wildman–Crippen LogP) is 0.915. The van der Waals surface area contributed by atoms with Crippen LogP contribution < -0.4 is 5.32 Å². The van der Waals surface area contributed by atoms with Crippen LogP contribution >= 0.6 is 0 Å². The fourth-order valence-corrected chi connectivity index (χ4v) is 2.62. The highest BCUT2D eigenvalue weighted by molar-refractivity contribution is 5.98. The summed E-state index contributed by atoms with van der Waals surface area (Å²) < 4.78 is 7.17. The van der Waals surface area contributed by atoms with E-state index in [1.54, 1.807) is 12.5 Å². The maximum atomic E-state index is 12.3. The van der Waals surface area contributed by atoms with E-state index in [-0.39, 0.29) is 5.91 Å². The smallest absolute Gasteiger partial charge is 0.272 e. The maximum absolute atomic E-state index is 12.3. The topological polar surface area (TPSA) is 71.8 Å². The first-order chi connectivity index (χ1) is 11.1. The number of nitrogens with zero attached hydrogens (tertiary/aromatic N) is 4. The van der Waals surface area contributed by atoms with Crippen molar-refractivity contribution in [1.29, 1.82) is 0 Å². The van der Waals surface area contributed by atoms with Gasteiger partial charge in [-0.3, -0.25) is 14.7 Å². The van der Waals surface area contributed by atoms with E-state index in [1.807, 2.05) is 10.6 Å². The molecule has 1 saturated heterocycles. The number of ether oxygens (including phenoxy) is 1. The van der Waals surface area contributed by atoms with Crippen molar-refractivity contribution in [1.82, 2.24) is 24.6 Å². The van der Waals surface area contributed by atoms with Crippen LogP contribution in [-0.4, -0.2) is 64.6 Å². The zero-order valence-corrected chi connectivity index (χ0v) is 13.7. The molecule has 1 amide bonds. The monoisotopic (exact) mass is 317 g/mol. The Morgan fingerprint density at radius 3 is 2.87 bits per heavy atom. The molecule has 0 aromatic carbocycles. The van der Waals surface area contributed by atoms with Gasteiger partial charge in [-0.1, -0.05) is 13.8 Å². The Bertz CT molecular complexity index is 676. The lowest BCUT2D eigenvalue weighted by Crippen LogP contribution is -2.41. The first-order valence-corrected chi connectivity index (χ1v) is 8.06. The van der Waals surface area contributed by atoms with Crippen LogP contribution in [-0.2, 0) is 4.74 Å². The molecule has 124 valence electrons. The van der Waals surface area contributed by atoms with Crippen molar-refractivity contribution in [3.63, 3.8) is 0 Å². The fraction of sp³-hybridized carbons (Fsp3) is 0.562. The van der Waals surface area contributed by atoms with Crippen LogP contribution in [0, 0.1) is 0 Å². The number of amides is 1. The van der Waals surface area contributed by atoms with E-state index in [0.29, 0.717) is 18.2 Å². The van der Waals surface area contributed by atoms with Crippen molar-refractivity contribution in [3.05, 3.63) is 30.1 Å². The molecular weight excluding hydrogens is 294 g/mol. The van der Waals surface area contributed by atoms with Gasteiger partial charge >= 0.3 is 0 Å². The van der Waals surface area contributed by atoms with Crippen LogP contribution in [0.1, 0.15) is 35.9 Å². The van der Waals surface area contributed by atoms with Crippen LogP contribution in [0.3, 0.4) is 0 Å². The van der Waals surface area contributed by atoms with Crippen molar-refractivity contribution in [2.75, 3.05) is 39.4 Å². The lowest BCUT2D eigenvalue weighted by atomic mass is 10.1. The van der Waals surface area contributed by atoms with Gasteiger partial charge in [-0.05, 0) is 5.92 Å². The number of morpholine rings is 1. The Balaban J connectivity index is 1.61. The zero-order valence-electron chi connectivity index (χ0n) is 13.7. The van der Waals surface area contributed by atoms with Gasteiger partial charge < -0.3 is 14.5 Å². The Hall–Kier alpha value is -1.99. The second-order valence-electron chi connectivity index (χ2n) is 6.06. The number of carbonyl (C=O) groups is 1. The first kappa shape index (κ1) is 15.9. The van der Waals surface area contributed by atoms with E-state index < -0.39 is 0 Å². The lowest BCUT2D eigenvalue weighted by Gasteiger charge is -2.26. The Morgan fingerprint density at radius 2 is 2.13 bits per heavy atom. The number of aromatic nitrogens is 3. The lowest BCUT2D eigenvalue weighted by molar-refractivity contribution is 0.0383. The van der Waals surface area contributed by atoms with E-state index in [2.05, 4.69) is 34.0 Å². The Labute approximate surface area is 135 Å². The van der Waals surface area contributed by atoms with Gasteiger partial charge in [0.1, 0.15) is 6.33 Å². The molecule has 2 aromatic heterocycles. The second kappa shape index (κ2) is 7.06. The molecule has 0 unspecified atom stereocenters. The average Bonchev–Trinajstić information content (AvgIpc) is 2.99. The molecule has 3 heterocycles. The molecule has 23 heavy (non-hydrogen) atoms. The van der Waals surface area contributed by atoms with Gasteiger partial charge in [0.25, 0.3) is 5.91 Å². The van der Waals surface area contributed by atoms with Crippen LogP contribution in [0.5, 0.6) is 0 Å². The second-order valence-corrected chi connectivity index (χ2v) is 6.06. The van der Waals surface area contributed by atoms with E-state index in [9.17, 15) is 4.79 Å². The number of hydrogen-bond donors (Lipinski definition) is 1. The van der Waals surface area contributed by atoms with Crippen molar-refractivity contribution < 1.29 is 9.53 Å². The van der Waals surface area contributed by atoms with E-state index in [4.69, 9.17) is 4.74 Å². The van der Waals surface area contributed by atoms with Crippen molar-refractivity contribution in [3.8, 4) is 0 Å². The normalized spacial score (nSPS) is 16.1. The summed E-state index contributed by atoms with van der Waals surface area (Å²) in [6, 6.07) is 0. The predicted molar refractivity (Wildman–Crippen MR) is 86.7 cm³/mol. The molecule has 7 heteroatoms. The summed E-state index contributed by atoms with van der Waals surface area (Å²) >= 11 is 0. The van der Waals surface area contributed by atoms with Gasteiger partial charge in [-0.2, -0.15) is 0 Å². The molecule has 0 radical (unpaired) electrons. The summed E-state index contributed by atoms with van der Waals surface area (Å²) in [5.74, 6) is 0.187. The minimum atomic E-state index is -0.153. The quantitative estimate of drug-likeness (QED) is 0.888. The number of carbonyl (C=O) groups excluding carboxylic acids is 1. The third kappa shape index (κ3) is 3.68. The summed E-state index contributed by atoms with van der Waals surface area (Å²) in [5, 5.41) is 2.94. The fourth-order valence-electron chi connectivity index (χ4n) is 2.62. The van der Waals surface area contributed by atoms with Crippen molar-refractivity contribution in [2.24, 2.45) is 0 Å². The molecule has 7 nitrogen and oxygen atoms in total. The highest BCUT2D eigenvalue weighted by atomic mass is 16.5. The Morgan fingerprint density at radius 1 is 1.35 bits per heavy atom. The van der Waals surface area contributed by atoms with Gasteiger partial charge in [-0.25, -0.2) is 4.98 Å². The van der Waals surface area contributed by atoms with Gasteiger partial charge in [0.15, 0.2) is 5.69 Å². The van der Waals surface area contributed by atoms with Crippen LogP contribution in [0.4, 0.5) is 0 Å². The molecule has 0 bridgehead atoms. The van der Waals surface area contributed by atoms with E-state index in [1.165, 1.54) is 0 Å². The highest BCUT2D eigenvalue weighted by Crippen LogP contribution is 2.14. The largest absolute Gasteiger partial charge is 0.379 e. The SMILES string of the molecule is CC(C)c1cn2cnc(C(=O)NCCN3CCOCC3)c2cn1. The first-order valence-electron chi connectivity index (χ1n) is 8.06. The summed E-state index contributed by atoms with van der Waals surface area (Å²) in [4.78, 5) is 23.3. The molecule has 3 rings (SSSR count). The molecule has 0 spiro atoms. The van der Waals surface area contributed by atoms with Gasteiger partial charge in [0.05, 0.1) is 30.6 Å². The summed E-state index contributed by atoms with van der Waals surface area (Å²) in [6.07, 6.45) is 5.32. The van der Waals surface area contributed by atoms with E-state index in [0.717, 1.165) is 44.1 Å². The van der Waals surface area contributed by atoms with Gasteiger partial charge in [-0.15, -0.1) is 0 Å². The van der Waals surface area contributed by atoms with Crippen LogP contribution in [0.25, 0.3) is 5.52 Å². The number of fused-ring (bicyclic) bond motifs is 1. The molecule has 1 N–H and O–H groups in total. The Kier molecular flexibility index (Phi) is 4.88. The van der Waals surface area contributed by atoms with Crippen LogP contribution in [0.15, 0.2) is 18.7 Å². The number of hydrogen-bond acceptors (Lipinski definition) is 5.